The molecular weight excluding hydrogens is 268 g/mol. The third-order valence-electron chi connectivity index (χ3n) is 3.45. The smallest absolute Gasteiger partial charge is 0.173 e. The second kappa shape index (κ2) is 6.51. The molecule has 0 fully saturated rings. The van der Waals surface area contributed by atoms with E-state index in [-0.39, 0.29) is 12.4 Å². The average molecular weight is 290 g/mol. The van der Waals surface area contributed by atoms with Crippen LogP contribution in [0.15, 0.2) is 18.2 Å². The minimum absolute atomic E-state index is 0.221. The second-order valence-electron chi connectivity index (χ2n) is 5.78. The minimum Gasteiger partial charge on any atom is -0.396 e. The van der Waals surface area contributed by atoms with Crippen LogP contribution in [-0.4, -0.2) is 17.5 Å². The fourth-order valence-corrected chi connectivity index (χ4v) is 3.47. The van der Waals surface area contributed by atoms with Crippen molar-refractivity contribution in [3.8, 4) is 0 Å². The van der Waals surface area contributed by atoms with Crippen molar-refractivity contribution in [2.24, 2.45) is 5.92 Å². The first kappa shape index (κ1) is 15.2. The number of hydrogen-bond acceptors (Lipinski definition) is 3. The van der Waals surface area contributed by atoms with Crippen molar-refractivity contribution in [1.29, 1.82) is 0 Å². The van der Waals surface area contributed by atoms with Gasteiger partial charge in [0, 0.05) is 17.7 Å². The molecule has 0 saturated heterocycles. The van der Waals surface area contributed by atoms with Gasteiger partial charge in [-0.3, -0.25) is 4.79 Å². The summed E-state index contributed by atoms with van der Waals surface area (Å²) in [7, 11) is 0. The lowest BCUT2D eigenvalue weighted by Gasteiger charge is -2.04. The van der Waals surface area contributed by atoms with Crippen LogP contribution in [0.25, 0.3) is 10.1 Å². The van der Waals surface area contributed by atoms with Gasteiger partial charge in [0.2, 0.25) is 0 Å². The number of Topliss-reactive ketones (excluding diaryl/α,β-unsaturated/α-hetero) is 1. The molecule has 1 aromatic carbocycles. The lowest BCUT2D eigenvalue weighted by atomic mass is 10.0. The molecule has 2 aromatic rings. The highest BCUT2D eigenvalue weighted by Crippen LogP contribution is 2.30. The summed E-state index contributed by atoms with van der Waals surface area (Å²) in [5, 5.41) is 10.1. The third kappa shape index (κ3) is 3.47. The molecule has 0 atom stereocenters. The summed E-state index contributed by atoms with van der Waals surface area (Å²) in [4.78, 5) is 13.0. The van der Waals surface area contributed by atoms with E-state index in [1.54, 1.807) is 11.3 Å². The number of benzene rings is 1. The molecule has 2 rings (SSSR count). The van der Waals surface area contributed by atoms with E-state index >= 15 is 0 Å². The summed E-state index contributed by atoms with van der Waals surface area (Å²) < 4.78 is 1.18. The Balaban J connectivity index is 2.31. The van der Waals surface area contributed by atoms with Crippen LogP contribution in [0.4, 0.5) is 0 Å². The highest BCUT2D eigenvalue weighted by Gasteiger charge is 2.13. The van der Waals surface area contributed by atoms with Crippen LogP contribution in [0.2, 0.25) is 0 Å². The van der Waals surface area contributed by atoms with E-state index < -0.39 is 0 Å². The maximum absolute atomic E-state index is 12.1. The van der Waals surface area contributed by atoms with Crippen LogP contribution in [-0.2, 0) is 6.42 Å². The average Bonchev–Trinajstić information content (AvgIpc) is 2.78. The number of aliphatic hydroxyl groups excluding tert-OH is 1. The molecule has 1 aromatic heterocycles. The molecule has 0 radical (unpaired) electrons. The fourth-order valence-electron chi connectivity index (χ4n) is 2.38. The Morgan fingerprint density at radius 1 is 1.30 bits per heavy atom. The van der Waals surface area contributed by atoms with Gasteiger partial charge in [-0.2, -0.15) is 0 Å². The highest BCUT2D eigenvalue weighted by atomic mass is 32.1. The quantitative estimate of drug-likeness (QED) is 0.802. The van der Waals surface area contributed by atoms with E-state index in [0.29, 0.717) is 12.3 Å². The number of aliphatic hydroxyl groups is 1. The second-order valence-corrected chi connectivity index (χ2v) is 6.86. The standard InChI is InChI=1S/C17H22O2S/c1-11(2)7-15(19)17-10-14-9-13(5-4-6-18)12(3)8-16(14)20-17/h8-11,18H,4-7H2,1-3H3. The van der Waals surface area contributed by atoms with Gasteiger partial charge < -0.3 is 5.11 Å². The van der Waals surface area contributed by atoms with Crippen molar-refractivity contribution in [1.82, 2.24) is 0 Å². The Bertz CT molecular complexity index is 611. The number of rotatable bonds is 6. The number of carbonyl (C=O) groups excluding carboxylic acids is 1. The Hall–Kier alpha value is -1.19. The van der Waals surface area contributed by atoms with Gasteiger partial charge in [-0.1, -0.05) is 19.9 Å². The molecule has 108 valence electrons. The van der Waals surface area contributed by atoms with E-state index in [2.05, 4.69) is 32.9 Å². The van der Waals surface area contributed by atoms with Gasteiger partial charge in [-0.05, 0) is 54.3 Å². The molecule has 0 saturated carbocycles. The van der Waals surface area contributed by atoms with Crippen LogP contribution in [0, 0.1) is 12.8 Å². The van der Waals surface area contributed by atoms with E-state index in [0.717, 1.165) is 23.1 Å². The topological polar surface area (TPSA) is 37.3 Å². The van der Waals surface area contributed by atoms with Crippen LogP contribution in [0.1, 0.15) is 47.5 Å². The summed E-state index contributed by atoms with van der Waals surface area (Å²) in [6, 6.07) is 6.36. The predicted octanol–water partition coefficient (Wildman–Crippen LogP) is 4.36. The molecule has 1 heterocycles. The summed E-state index contributed by atoms with van der Waals surface area (Å²) >= 11 is 1.60. The van der Waals surface area contributed by atoms with Crippen molar-refractivity contribution in [3.05, 3.63) is 34.2 Å². The zero-order valence-electron chi connectivity index (χ0n) is 12.4. The maximum atomic E-state index is 12.1. The fraction of sp³-hybridized carbons (Fsp3) is 0.471. The summed E-state index contributed by atoms with van der Waals surface area (Å²) in [6.45, 7) is 6.46. The molecular formula is C17H22O2S. The van der Waals surface area contributed by atoms with E-state index in [1.807, 2.05) is 6.07 Å². The monoisotopic (exact) mass is 290 g/mol. The van der Waals surface area contributed by atoms with Crippen LogP contribution < -0.4 is 0 Å². The Kier molecular flexibility index (Phi) is 4.95. The number of ketones is 1. The van der Waals surface area contributed by atoms with Crippen molar-refractivity contribution in [2.75, 3.05) is 6.61 Å². The molecule has 0 aliphatic rings. The molecule has 0 aliphatic carbocycles. The van der Waals surface area contributed by atoms with Crippen LogP contribution in [0.5, 0.6) is 0 Å². The van der Waals surface area contributed by atoms with Gasteiger partial charge >= 0.3 is 0 Å². The molecule has 1 N–H and O–H groups in total. The Morgan fingerprint density at radius 3 is 2.70 bits per heavy atom. The number of thiophene rings is 1. The summed E-state index contributed by atoms with van der Waals surface area (Å²) in [6.07, 6.45) is 2.29. The van der Waals surface area contributed by atoms with Gasteiger partial charge in [-0.25, -0.2) is 0 Å². The Morgan fingerprint density at radius 2 is 2.05 bits per heavy atom. The number of aryl methyl sites for hydroxylation is 2. The van der Waals surface area contributed by atoms with Gasteiger partial charge in [0.15, 0.2) is 5.78 Å². The number of carbonyl (C=O) groups is 1. The lowest BCUT2D eigenvalue weighted by Crippen LogP contribution is -2.00. The van der Waals surface area contributed by atoms with Gasteiger partial charge in [0.1, 0.15) is 0 Å². The van der Waals surface area contributed by atoms with Crippen LogP contribution >= 0.6 is 11.3 Å². The Labute approximate surface area is 124 Å². The minimum atomic E-state index is 0.221. The van der Waals surface area contributed by atoms with Crippen molar-refractivity contribution in [3.63, 3.8) is 0 Å². The van der Waals surface area contributed by atoms with Gasteiger partial charge in [0.25, 0.3) is 0 Å². The summed E-state index contributed by atoms with van der Waals surface area (Å²) in [5.74, 6) is 0.644. The SMILES string of the molecule is Cc1cc2sc(C(=O)CC(C)C)cc2cc1CCCO. The molecule has 20 heavy (non-hydrogen) atoms. The summed E-state index contributed by atoms with van der Waals surface area (Å²) in [5.41, 5.74) is 2.52. The largest absolute Gasteiger partial charge is 0.396 e. The van der Waals surface area contributed by atoms with Crippen LogP contribution in [0.3, 0.4) is 0 Å². The number of hydrogen-bond donors (Lipinski definition) is 1. The lowest BCUT2D eigenvalue weighted by molar-refractivity contribution is 0.0972. The molecule has 2 nitrogen and oxygen atoms in total. The van der Waals surface area contributed by atoms with Gasteiger partial charge in [0.05, 0.1) is 4.88 Å². The first-order valence-electron chi connectivity index (χ1n) is 7.18. The van der Waals surface area contributed by atoms with E-state index in [1.165, 1.54) is 15.8 Å². The zero-order valence-corrected chi connectivity index (χ0v) is 13.2. The van der Waals surface area contributed by atoms with E-state index in [9.17, 15) is 4.79 Å². The highest BCUT2D eigenvalue weighted by molar-refractivity contribution is 7.20. The number of fused-ring (bicyclic) bond motifs is 1. The normalized spacial score (nSPS) is 11.4. The maximum Gasteiger partial charge on any atom is 0.173 e. The third-order valence-corrected chi connectivity index (χ3v) is 4.59. The zero-order chi connectivity index (χ0) is 14.7. The van der Waals surface area contributed by atoms with Crippen molar-refractivity contribution in [2.45, 2.75) is 40.0 Å². The van der Waals surface area contributed by atoms with Crippen molar-refractivity contribution >= 4 is 27.2 Å². The first-order chi connectivity index (χ1) is 9.51. The molecule has 0 aliphatic heterocycles. The van der Waals surface area contributed by atoms with E-state index in [4.69, 9.17) is 5.11 Å². The predicted molar refractivity (Wildman–Crippen MR) is 85.8 cm³/mol. The molecule has 0 spiro atoms. The molecule has 0 bridgehead atoms. The first-order valence-corrected chi connectivity index (χ1v) is 8.00. The molecule has 0 unspecified atom stereocenters. The van der Waals surface area contributed by atoms with Crippen molar-refractivity contribution < 1.29 is 9.90 Å². The molecule has 3 heteroatoms. The molecule has 0 amide bonds. The van der Waals surface area contributed by atoms with Gasteiger partial charge in [-0.15, -0.1) is 11.3 Å².